The third-order valence-electron chi connectivity index (χ3n) is 2.85. The molecule has 20 heavy (non-hydrogen) atoms. The SMILES string of the molecule is CCOC(=O)C(C(=O)c1ccc([N+](=O)[O-])cc1)C(C)C. The topological polar surface area (TPSA) is 86.5 Å². The number of carbonyl (C=O) groups is 2. The Bertz CT molecular complexity index is 507. The molecule has 0 spiro atoms. The fourth-order valence-corrected chi connectivity index (χ4v) is 1.84. The maximum absolute atomic E-state index is 12.3. The van der Waals surface area contributed by atoms with Crippen LogP contribution in [0.15, 0.2) is 24.3 Å². The summed E-state index contributed by atoms with van der Waals surface area (Å²) in [6.07, 6.45) is 0. The maximum Gasteiger partial charge on any atom is 0.317 e. The first-order valence-electron chi connectivity index (χ1n) is 6.33. The second-order valence-corrected chi connectivity index (χ2v) is 4.64. The van der Waals surface area contributed by atoms with E-state index < -0.39 is 16.8 Å². The molecule has 1 aromatic carbocycles. The summed E-state index contributed by atoms with van der Waals surface area (Å²) in [4.78, 5) is 34.2. The summed E-state index contributed by atoms with van der Waals surface area (Å²) >= 11 is 0. The smallest absolute Gasteiger partial charge is 0.317 e. The molecule has 0 saturated heterocycles. The van der Waals surface area contributed by atoms with Gasteiger partial charge in [-0.3, -0.25) is 19.7 Å². The molecule has 1 rings (SSSR count). The Morgan fingerprint density at radius 1 is 1.25 bits per heavy atom. The Labute approximate surface area is 116 Å². The lowest BCUT2D eigenvalue weighted by Gasteiger charge is -2.17. The summed E-state index contributed by atoms with van der Waals surface area (Å²) in [7, 11) is 0. The molecule has 0 aliphatic heterocycles. The lowest BCUT2D eigenvalue weighted by Crippen LogP contribution is -2.30. The van der Waals surface area contributed by atoms with Crippen LogP contribution in [0.2, 0.25) is 0 Å². The summed E-state index contributed by atoms with van der Waals surface area (Å²) in [5.74, 6) is -2.05. The molecular weight excluding hydrogens is 262 g/mol. The standard InChI is InChI=1S/C14H17NO5/c1-4-20-14(17)12(9(2)3)13(16)10-5-7-11(8-6-10)15(18)19/h5-9,12H,4H2,1-3H3. The summed E-state index contributed by atoms with van der Waals surface area (Å²) < 4.78 is 4.90. The van der Waals surface area contributed by atoms with Crippen molar-refractivity contribution < 1.29 is 19.2 Å². The van der Waals surface area contributed by atoms with E-state index in [0.29, 0.717) is 0 Å². The highest BCUT2D eigenvalue weighted by atomic mass is 16.6. The zero-order valence-corrected chi connectivity index (χ0v) is 11.7. The number of non-ortho nitro benzene ring substituents is 1. The molecule has 0 heterocycles. The molecule has 6 nitrogen and oxygen atoms in total. The molecule has 0 N–H and O–H groups in total. The highest BCUT2D eigenvalue weighted by molar-refractivity contribution is 6.08. The number of ether oxygens (including phenoxy) is 1. The van der Waals surface area contributed by atoms with Crippen molar-refractivity contribution in [2.24, 2.45) is 11.8 Å². The van der Waals surface area contributed by atoms with Gasteiger partial charge in [0.05, 0.1) is 11.5 Å². The van der Waals surface area contributed by atoms with Crippen LogP contribution in [0.4, 0.5) is 5.69 Å². The first-order valence-corrected chi connectivity index (χ1v) is 6.33. The van der Waals surface area contributed by atoms with Gasteiger partial charge in [-0.2, -0.15) is 0 Å². The van der Waals surface area contributed by atoms with Crippen molar-refractivity contribution >= 4 is 17.4 Å². The predicted octanol–water partition coefficient (Wildman–Crippen LogP) is 2.61. The molecule has 0 aromatic heterocycles. The van der Waals surface area contributed by atoms with Crippen molar-refractivity contribution in [2.45, 2.75) is 20.8 Å². The van der Waals surface area contributed by atoms with Crippen LogP contribution in [-0.4, -0.2) is 23.3 Å². The molecule has 108 valence electrons. The van der Waals surface area contributed by atoms with Crippen molar-refractivity contribution in [1.29, 1.82) is 0 Å². The summed E-state index contributed by atoms with van der Waals surface area (Å²) in [6.45, 7) is 5.39. The molecule has 0 radical (unpaired) electrons. The van der Waals surface area contributed by atoms with Crippen LogP contribution in [0.5, 0.6) is 0 Å². The average Bonchev–Trinajstić information content (AvgIpc) is 2.38. The van der Waals surface area contributed by atoms with Gasteiger partial charge >= 0.3 is 5.97 Å². The highest BCUT2D eigenvalue weighted by Gasteiger charge is 2.32. The van der Waals surface area contributed by atoms with E-state index in [0.717, 1.165) is 0 Å². The van der Waals surface area contributed by atoms with Crippen LogP contribution >= 0.6 is 0 Å². The molecule has 0 aliphatic rings. The minimum atomic E-state index is -0.892. The number of Topliss-reactive ketones (excluding diaryl/α,β-unsaturated/α-hetero) is 1. The highest BCUT2D eigenvalue weighted by Crippen LogP contribution is 2.21. The number of ketones is 1. The van der Waals surface area contributed by atoms with Gasteiger partial charge < -0.3 is 4.74 Å². The Kier molecular flexibility index (Phi) is 5.37. The van der Waals surface area contributed by atoms with Gasteiger partial charge in [-0.1, -0.05) is 13.8 Å². The number of benzene rings is 1. The molecule has 0 saturated carbocycles. The normalized spacial score (nSPS) is 12.0. The second-order valence-electron chi connectivity index (χ2n) is 4.64. The molecule has 0 bridgehead atoms. The number of nitro groups is 1. The fourth-order valence-electron chi connectivity index (χ4n) is 1.84. The quantitative estimate of drug-likeness (QED) is 0.262. The van der Waals surface area contributed by atoms with Gasteiger partial charge in [-0.25, -0.2) is 0 Å². The van der Waals surface area contributed by atoms with Gasteiger partial charge in [0.2, 0.25) is 0 Å². The molecule has 1 unspecified atom stereocenters. The van der Waals surface area contributed by atoms with Gasteiger partial charge in [-0.05, 0) is 25.0 Å². The summed E-state index contributed by atoms with van der Waals surface area (Å²) in [5, 5.41) is 10.6. The molecule has 0 fully saturated rings. The van der Waals surface area contributed by atoms with Crippen molar-refractivity contribution in [3.05, 3.63) is 39.9 Å². The maximum atomic E-state index is 12.3. The third kappa shape index (κ3) is 3.63. The van der Waals surface area contributed by atoms with E-state index in [9.17, 15) is 19.7 Å². The number of nitrogens with zero attached hydrogens (tertiary/aromatic N) is 1. The number of hydrogen-bond acceptors (Lipinski definition) is 5. The van der Waals surface area contributed by atoms with Gasteiger partial charge in [0.15, 0.2) is 5.78 Å². The van der Waals surface area contributed by atoms with E-state index in [4.69, 9.17) is 4.74 Å². The minimum absolute atomic E-state index is 0.0984. The van der Waals surface area contributed by atoms with Gasteiger partial charge in [0.1, 0.15) is 5.92 Å². The monoisotopic (exact) mass is 279 g/mol. The Balaban J connectivity index is 3.00. The molecule has 1 atom stereocenters. The molecule has 6 heteroatoms. The lowest BCUT2D eigenvalue weighted by molar-refractivity contribution is -0.384. The van der Waals surface area contributed by atoms with Crippen LogP contribution < -0.4 is 0 Å². The summed E-state index contributed by atoms with van der Waals surface area (Å²) in [6, 6.07) is 5.20. The first-order chi connectivity index (χ1) is 9.38. The number of nitro benzene ring substituents is 1. The molecule has 0 amide bonds. The summed E-state index contributed by atoms with van der Waals surface area (Å²) in [5.41, 5.74) is 0.168. The van der Waals surface area contributed by atoms with E-state index in [1.807, 2.05) is 0 Å². The first kappa shape index (κ1) is 15.8. The van der Waals surface area contributed by atoms with E-state index in [1.165, 1.54) is 24.3 Å². The van der Waals surface area contributed by atoms with E-state index in [-0.39, 0.29) is 29.6 Å². The van der Waals surface area contributed by atoms with Crippen molar-refractivity contribution in [1.82, 2.24) is 0 Å². The lowest BCUT2D eigenvalue weighted by atomic mass is 9.88. The third-order valence-corrected chi connectivity index (χ3v) is 2.85. The molecule has 1 aromatic rings. The number of hydrogen-bond donors (Lipinski definition) is 0. The van der Waals surface area contributed by atoms with Crippen LogP contribution in [0.3, 0.4) is 0 Å². The fraction of sp³-hybridized carbons (Fsp3) is 0.429. The van der Waals surface area contributed by atoms with Crippen LogP contribution in [-0.2, 0) is 9.53 Å². The number of rotatable bonds is 6. The second kappa shape index (κ2) is 6.79. The van der Waals surface area contributed by atoms with Crippen molar-refractivity contribution in [3.8, 4) is 0 Å². The Hall–Kier alpha value is -2.24. The van der Waals surface area contributed by atoms with Crippen LogP contribution in [0.1, 0.15) is 31.1 Å². The minimum Gasteiger partial charge on any atom is -0.465 e. The number of carbonyl (C=O) groups excluding carboxylic acids is 2. The van der Waals surface area contributed by atoms with Gasteiger partial charge in [0.25, 0.3) is 5.69 Å². The van der Waals surface area contributed by atoms with Crippen molar-refractivity contribution in [2.75, 3.05) is 6.61 Å². The Morgan fingerprint density at radius 2 is 1.80 bits per heavy atom. The van der Waals surface area contributed by atoms with E-state index in [1.54, 1.807) is 20.8 Å². The molecule has 0 aliphatic carbocycles. The zero-order chi connectivity index (χ0) is 15.3. The van der Waals surface area contributed by atoms with Gasteiger partial charge in [0, 0.05) is 17.7 Å². The van der Waals surface area contributed by atoms with Crippen molar-refractivity contribution in [3.63, 3.8) is 0 Å². The Morgan fingerprint density at radius 3 is 2.20 bits per heavy atom. The zero-order valence-electron chi connectivity index (χ0n) is 11.7. The largest absolute Gasteiger partial charge is 0.465 e. The van der Waals surface area contributed by atoms with Crippen LogP contribution in [0, 0.1) is 22.0 Å². The van der Waals surface area contributed by atoms with E-state index in [2.05, 4.69) is 0 Å². The predicted molar refractivity (Wildman–Crippen MR) is 72.4 cm³/mol. The van der Waals surface area contributed by atoms with Crippen LogP contribution in [0.25, 0.3) is 0 Å². The number of esters is 1. The van der Waals surface area contributed by atoms with E-state index >= 15 is 0 Å². The van der Waals surface area contributed by atoms with Gasteiger partial charge in [-0.15, -0.1) is 0 Å². The molecular formula is C14H17NO5. The average molecular weight is 279 g/mol.